The first kappa shape index (κ1) is 18.8. The number of nitrogens with zero attached hydrogens (tertiary/aromatic N) is 1. The number of nitrogens with one attached hydrogen (secondary N) is 1. The van der Waals surface area contributed by atoms with E-state index in [9.17, 15) is 9.59 Å². The Hall–Kier alpha value is -2.58. The monoisotopic (exact) mass is 363 g/mol. The summed E-state index contributed by atoms with van der Waals surface area (Å²) in [6.07, 6.45) is 0. The molecule has 7 nitrogen and oxygen atoms in total. The molecule has 0 bridgehead atoms. The predicted molar refractivity (Wildman–Crippen MR) is 97.3 cm³/mol. The highest BCUT2D eigenvalue weighted by Crippen LogP contribution is 2.26. The summed E-state index contributed by atoms with van der Waals surface area (Å²) >= 11 is 1.26. The van der Waals surface area contributed by atoms with Crippen LogP contribution >= 0.6 is 11.3 Å². The predicted octanol–water partition coefficient (Wildman–Crippen LogP) is 1.93. The summed E-state index contributed by atoms with van der Waals surface area (Å²) in [5.41, 5.74) is 6.53. The number of methoxy groups -OCH3 is 2. The van der Waals surface area contributed by atoms with Crippen molar-refractivity contribution >= 4 is 28.2 Å². The van der Waals surface area contributed by atoms with Gasteiger partial charge in [0.2, 0.25) is 5.91 Å². The number of carbonyl (C=O) groups excluding carboxylic acids is 2. The van der Waals surface area contributed by atoms with Crippen LogP contribution in [0, 0.1) is 0 Å². The zero-order valence-electron chi connectivity index (χ0n) is 14.4. The Morgan fingerprint density at radius 3 is 2.64 bits per heavy atom. The van der Waals surface area contributed by atoms with Crippen molar-refractivity contribution in [1.82, 2.24) is 4.90 Å². The van der Waals surface area contributed by atoms with Gasteiger partial charge in [0.25, 0.3) is 5.91 Å². The lowest BCUT2D eigenvalue weighted by Crippen LogP contribution is -2.30. The summed E-state index contributed by atoms with van der Waals surface area (Å²) in [4.78, 5) is 25.3. The van der Waals surface area contributed by atoms with Gasteiger partial charge in [0.05, 0.1) is 26.3 Å². The first-order valence-corrected chi connectivity index (χ1v) is 8.39. The van der Waals surface area contributed by atoms with Crippen LogP contribution in [0.25, 0.3) is 0 Å². The number of anilines is 1. The Balaban J connectivity index is 1.98. The number of hydrogen-bond acceptors (Lipinski definition) is 6. The van der Waals surface area contributed by atoms with Gasteiger partial charge < -0.3 is 20.5 Å². The maximum atomic E-state index is 12.2. The lowest BCUT2D eigenvalue weighted by molar-refractivity contribution is -0.117. The minimum Gasteiger partial charge on any atom is -0.497 e. The van der Waals surface area contributed by atoms with E-state index in [1.165, 1.54) is 11.3 Å². The fraction of sp³-hybridized carbons (Fsp3) is 0.294. The number of likely N-dealkylation sites (N-methyl/N-ethyl adjacent to an activating group) is 1. The molecule has 0 aliphatic carbocycles. The molecule has 0 aliphatic heterocycles. The van der Waals surface area contributed by atoms with Crippen molar-refractivity contribution < 1.29 is 19.1 Å². The number of carbonyl (C=O) groups is 2. The highest BCUT2D eigenvalue weighted by atomic mass is 32.1. The molecule has 0 fully saturated rings. The molecule has 1 heterocycles. The highest BCUT2D eigenvalue weighted by Gasteiger charge is 2.15. The summed E-state index contributed by atoms with van der Waals surface area (Å²) in [6.45, 7) is 0.680. The number of primary amides is 1. The summed E-state index contributed by atoms with van der Waals surface area (Å²) in [5.74, 6) is 0.617. The van der Waals surface area contributed by atoms with E-state index in [1.54, 1.807) is 31.7 Å². The molecular formula is C17H21N3O4S. The lowest BCUT2D eigenvalue weighted by Gasteiger charge is -2.18. The first-order chi connectivity index (χ1) is 11.9. The average molecular weight is 363 g/mol. The van der Waals surface area contributed by atoms with Gasteiger partial charge in [-0.25, -0.2) is 0 Å². The van der Waals surface area contributed by atoms with Crippen molar-refractivity contribution in [3.05, 3.63) is 40.8 Å². The molecule has 134 valence electrons. The van der Waals surface area contributed by atoms with Crippen LogP contribution in [0.3, 0.4) is 0 Å². The van der Waals surface area contributed by atoms with Gasteiger partial charge in [-0.3, -0.25) is 14.5 Å². The van der Waals surface area contributed by atoms with E-state index in [4.69, 9.17) is 15.2 Å². The number of benzene rings is 1. The standard InChI is InChI=1S/C17H21N3O4S/c1-20(9-11-4-5-12(23-2)8-14(11)24-3)10-15(21)19-17-13(16(18)22)6-7-25-17/h4-8H,9-10H2,1-3H3,(H2,18,22)(H,19,21). The molecule has 3 N–H and O–H groups in total. The fourth-order valence-corrected chi connectivity index (χ4v) is 3.15. The number of rotatable bonds is 8. The number of amides is 2. The Morgan fingerprint density at radius 1 is 1.24 bits per heavy atom. The first-order valence-electron chi connectivity index (χ1n) is 7.51. The minimum absolute atomic E-state index is 0.158. The van der Waals surface area contributed by atoms with Gasteiger partial charge in [0, 0.05) is 18.2 Å². The molecule has 0 saturated carbocycles. The van der Waals surface area contributed by atoms with E-state index in [2.05, 4.69) is 5.32 Å². The fourth-order valence-electron chi connectivity index (χ4n) is 2.34. The second kappa shape index (κ2) is 8.50. The van der Waals surface area contributed by atoms with Crippen LogP contribution in [0.5, 0.6) is 11.5 Å². The number of ether oxygens (including phenoxy) is 2. The maximum Gasteiger partial charge on any atom is 0.251 e. The van der Waals surface area contributed by atoms with Gasteiger partial charge >= 0.3 is 0 Å². The van der Waals surface area contributed by atoms with E-state index in [-0.39, 0.29) is 12.5 Å². The van der Waals surface area contributed by atoms with E-state index < -0.39 is 5.91 Å². The molecule has 0 radical (unpaired) electrons. The van der Waals surface area contributed by atoms with Gasteiger partial charge in [-0.15, -0.1) is 11.3 Å². The third-order valence-corrected chi connectivity index (χ3v) is 4.36. The van der Waals surface area contributed by atoms with E-state index >= 15 is 0 Å². The SMILES string of the molecule is COc1ccc(CN(C)CC(=O)Nc2sccc2C(N)=O)c(OC)c1. The number of hydrogen-bond donors (Lipinski definition) is 2. The van der Waals surface area contributed by atoms with Crippen molar-refractivity contribution in [3.63, 3.8) is 0 Å². The molecule has 2 amide bonds. The molecule has 0 atom stereocenters. The van der Waals surface area contributed by atoms with Gasteiger partial charge in [-0.2, -0.15) is 0 Å². The third-order valence-electron chi connectivity index (χ3n) is 3.53. The quantitative estimate of drug-likeness (QED) is 0.747. The van der Waals surface area contributed by atoms with Crippen molar-refractivity contribution in [1.29, 1.82) is 0 Å². The number of nitrogens with two attached hydrogens (primary N) is 1. The molecule has 1 aromatic heterocycles. The van der Waals surface area contributed by atoms with Crippen LogP contribution in [0.2, 0.25) is 0 Å². The Morgan fingerprint density at radius 2 is 2.00 bits per heavy atom. The molecular weight excluding hydrogens is 342 g/mol. The highest BCUT2D eigenvalue weighted by molar-refractivity contribution is 7.14. The second-order valence-electron chi connectivity index (χ2n) is 5.43. The Kier molecular flexibility index (Phi) is 6.37. The molecule has 2 aromatic rings. The summed E-state index contributed by atoms with van der Waals surface area (Å²) in [5, 5.41) is 4.90. The lowest BCUT2D eigenvalue weighted by atomic mass is 10.2. The zero-order valence-corrected chi connectivity index (χ0v) is 15.2. The van der Waals surface area contributed by atoms with Crippen molar-refractivity contribution in [2.45, 2.75) is 6.54 Å². The molecule has 1 aromatic carbocycles. The molecule has 0 spiro atoms. The van der Waals surface area contributed by atoms with Crippen LogP contribution in [0.15, 0.2) is 29.6 Å². The van der Waals surface area contributed by atoms with Gasteiger partial charge in [0.15, 0.2) is 0 Å². The zero-order chi connectivity index (χ0) is 18.4. The van der Waals surface area contributed by atoms with Gasteiger partial charge in [-0.1, -0.05) is 6.07 Å². The average Bonchev–Trinajstić information content (AvgIpc) is 3.03. The molecule has 2 rings (SSSR count). The van der Waals surface area contributed by atoms with Crippen molar-refractivity contribution in [3.8, 4) is 11.5 Å². The molecule has 0 saturated heterocycles. The molecule has 8 heteroatoms. The minimum atomic E-state index is -0.562. The van der Waals surface area contributed by atoms with Crippen LogP contribution in [0.1, 0.15) is 15.9 Å². The summed E-state index contributed by atoms with van der Waals surface area (Å²) < 4.78 is 10.5. The molecule has 0 unspecified atom stereocenters. The molecule has 25 heavy (non-hydrogen) atoms. The van der Waals surface area contributed by atoms with Crippen LogP contribution in [-0.4, -0.2) is 44.5 Å². The van der Waals surface area contributed by atoms with Crippen molar-refractivity contribution in [2.75, 3.05) is 33.1 Å². The van der Waals surface area contributed by atoms with Crippen LogP contribution in [0.4, 0.5) is 5.00 Å². The van der Waals surface area contributed by atoms with Crippen LogP contribution in [-0.2, 0) is 11.3 Å². The van der Waals surface area contributed by atoms with E-state index in [0.29, 0.717) is 28.6 Å². The largest absolute Gasteiger partial charge is 0.497 e. The second-order valence-corrected chi connectivity index (χ2v) is 6.34. The van der Waals surface area contributed by atoms with Crippen molar-refractivity contribution in [2.24, 2.45) is 5.73 Å². The maximum absolute atomic E-state index is 12.2. The summed E-state index contributed by atoms with van der Waals surface area (Å²) in [7, 11) is 5.01. The topological polar surface area (TPSA) is 93.9 Å². The van der Waals surface area contributed by atoms with Gasteiger partial charge in [0.1, 0.15) is 16.5 Å². The Bertz CT molecular complexity index is 760. The van der Waals surface area contributed by atoms with Crippen LogP contribution < -0.4 is 20.5 Å². The summed E-state index contributed by atoms with van der Waals surface area (Å²) in [6, 6.07) is 7.13. The number of thiophene rings is 1. The van der Waals surface area contributed by atoms with E-state index in [1.807, 2.05) is 24.1 Å². The molecule has 0 aliphatic rings. The normalized spacial score (nSPS) is 10.6. The van der Waals surface area contributed by atoms with Gasteiger partial charge in [-0.05, 0) is 24.6 Å². The Labute approximate surface area is 150 Å². The third kappa shape index (κ3) is 4.94. The van der Waals surface area contributed by atoms with E-state index in [0.717, 1.165) is 5.56 Å². The smallest absolute Gasteiger partial charge is 0.251 e.